The lowest BCUT2D eigenvalue weighted by molar-refractivity contribution is -0.121. The van der Waals surface area contributed by atoms with Gasteiger partial charge in [0.2, 0.25) is 5.91 Å². The fraction of sp³-hybridized carbons (Fsp3) is 0.238. The molecule has 1 aromatic heterocycles. The van der Waals surface area contributed by atoms with Crippen molar-refractivity contribution >= 4 is 5.91 Å². The van der Waals surface area contributed by atoms with Crippen molar-refractivity contribution < 1.29 is 31.5 Å². The van der Waals surface area contributed by atoms with Crippen molar-refractivity contribution in [1.82, 2.24) is 10.3 Å². The Morgan fingerprint density at radius 2 is 1.87 bits per heavy atom. The third-order valence-corrected chi connectivity index (χ3v) is 4.29. The summed E-state index contributed by atoms with van der Waals surface area (Å²) in [5, 5.41) is 2.73. The highest BCUT2D eigenvalue weighted by Crippen LogP contribution is 2.27. The fourth-order valence-electron chi connectivity index (χ4n) is 2.85. The molecule has 158 valence electrons. The Morgan fingerprint density at radius 1 is 1.17 bits per heavy atom. The van der Waals surface area contributed by atoms with Gasteiger partial charge in [-0.15, -0.1) is 0 Å². The number of nitrogens with zero attached hydrogens (tertiary/aromatic N) is 1. The highest BCUT2D eigenvalue weighted by molar-refractivity contribution is 5.76. The summed E-state index contributed by atoms with van der Waals surface area (Å²) in [6.45, 7) is -1.24. The monoisotopic (exact) mass is 422 g/mol. The second kappa shape index (κ2) is 9.43. The molecule has 1 atom stereocenters. The Kier molecular flexibility index (Phi) is 6.71. The van der Waals surface area contributed by atoms with E-state index in [0.717, 1.165) is 12.1 Å². The average molecular weight is 422 g/mol. The van der Waals surface area contributed by atoms with Crippen LogP contribution in [0, 0.1) is 11.6 Å². The van der Waals surface area contributed by atoms with E-state index in [1.54, 1.807) is 19.1 Å². The fourth-order valence-corrected chi connectivity index (χ4v) is 2.85. The smallest absolute Gasteiger partial charge is 0.387 e. The molecule has 0 saturated carbocycles. The third kappa shape index (κ3) is 5.37. The quantitative estimate of drug-likeness (QED) is 0.517. The van der Waals surface area contributed by atoms with Crippen molar-refractivity contribution in [2.75, 3.05) is 0 Å². The number of hydrogen-bond donors (Lipinski definition) is 1. The molecule has 2 aromatic carbocycles. The van der Waals surface area contributed by atoms with Crippen LogP contribution in [0.4, 0.5) is 17.6 Å². The topological polar surface area (TPSA) is 64.4 Å². The summed E-state index contributed by atoms with van der Waals surface area (Å²) in [5.41, 5.74) is 0.273. The lowest BCUT2D eigenvalue weighted by atomic mass is 10.1. The molecule has 0 saturated heterocycles. The number of amides is 1. The number of rotatable bonds is 8. The number of hydrogen-bond acceptors (Lipinski definition) is 4. The summed E-state index contributed by atoms with van der Waals surface area (Å²) in [6, 6.07) is 9.04. The average Bonchev–Trinajstić information content (AvgIpc) is 3.14. The molecule has 0 aliphatic heterocycles. The minimum Gasteiger partial charge on any atom is -0.441 e. The Labute approximate surface area is 169 Å². The van der Waals surface area contributed by atoms with Crippen molar-refractivity contribution in [3.05, 3.63) is 71.8 Å². The largest absolute Gasteiger partial charge is 0.441 e. The van der Waals surface area contributed by atoms with Gasteiger partial charge >= 0.3 is 6.61 Å². The first kappa shape index (κ1) is 21.4. The maximum atomic E-state index is 13.8. The number of halogens is 4. The molecule has 30 heavy (non-hydrogen) atoms. The minimum absolute atomic E-state index is 0.00343. The first-order valence-electron chi connectivity index (χ1n) is 9.06. The summed E-state index contributed by atoms with van der Waals surface area (Å²) in [5.74, 6) is -1.80. The van der Waals surface area contributed by atoms with Gasteiger partial charge in [-0.05, 0) is 36.8 Å². The van der Waals surface area contributed by atoms with Crippen molar-refractivity contribution in [3.63, 3.8) is 0 Å². The number of benzene rings is 2. The number of aryl methyl sites for hydroxylation is 1. The second-order valence-electron chi connectivity index (χ2n) is 6.46. The van der Waals surface area contributed by atoms with Crippen molar-refractivity contribution in [1.29, 1.82) is 0 Å². The van der Waals surface area contributed by atoms with Crippen molar-refractivity contribution in [2.45, 2.75) is 32.4 Å². The highest BCUT2D eigenvalue weighted by atomic mass is 19.3. The Balaban J connectivity index is 1.57. The summed E-state index contributed by atoms with van der Waals surface area (Å²) in [6.07, 6.45) is 1.33. The molecule has 3 rings (SSSR count). The van der Waals surface area contributed by atoms with E-state index in [-0.39, 0.29) is 41.7 Å². The molecular weight excluding hydrogens is 404 g/mol. The first-order chi connectivity index (χ1) is 14.3. The predicted molar refractivity (Wildman–Crippen MR) is 99.8 cm³/mol. The molecule has 0 bridgehead atoms. The van der Waals surface area contributed by atoms with Gasteiger partial charge in [0.1, 0.15) is 17.4 Å². The molecule has 1 N–H and O–H groups in total. The van der Waals surface area contributed by atoms with Gasteiger partial charge in [-0.1, -0.05) is 18.2 Å². The van der Waals surface area contributed by atoms with E-state index < -0.39 is 24.3 Å². The van der Waals surface area contributed by atoms with E-state index in [1.807, 2.05) is 0 Å². The molecule has 0 aliphatic rings. The van der Waals surface area contributed by atoms with E-state index in [4.69, 9.17) is 4.42 Å². The van der Waals surface area contributed by atoms with Crippen LogP contribution in [-0.4, -0.2) is 17.5 Å². The van der Waals surface area contributed by atoms with E-state index in [0.29, 0.717) is 5.56 Å². The molecule has 0 spiro atoms. The highest BCUT2D eigenvalue weighted by Gasteiger charge is 2.17. The zero-order chi connectivity index (χ0) is 21.7. The number of nitrogens with one attached hydrogen (secondary N) is 1. The SMILES string of the molecule is CC(NC(=O)CCc1ncc(-c2c(F)cccc2F)o1)c1cccc(OC(F)F)c1. The van der Waals surface area contributed by atoms with E-state index in [1.165, 1.54) is 24.4 Å². The minimum atomic E-state index is -2.94. The van der Waals surface area contributed by atoms with E-state index in [9.17, 15) is 22.4 Å². The molecule has 3 aromatic rings. The number of oxazole rings is 1. The van der Waals surface area contributed by atoms with Gasteiger partial charge in [0.05, 0.1) is 17.8 Å². The zero-order valence-electron chi connectivity index (χ0n) is 15.9. The van der Waals surface area contributed by atoms with Crippen LogP contribution < -0.4 is 10.1 Å². The van der Waals surface area contributed by atoms with E-state index in [2.05, 4.69) is 15.0 Å². The van der Waals surface area contributed by atoms with Gasteiger partial charge in [-0.25, -0.2) is 13.8 Å². The zero-order valence-corrected chi connectivity index (χ0v) is 15.9. The van der Waals surface area contributed by atoms with Crippen molar-refractivity contribution in [2.24, 2.45) is 0 Å². The van der Waals surface area contributed by atoms with Crippen molar-refractivity contribution in [3.8, 4) is 17.1 Å². The number of carbonyl (C=O) groups is 1. The molecule has 0 radical (unpaired) electrons. The molecule has 0 aliphatic carbocycles. The molecular formula is C21H18F4N2O3. The van der Waals surface area contributed by atoms with Gasteiger partial charge in [0, 0.05) is 12.8 Å². The van der Waals surface area contributed by atoms with Crippen LogP contribution in [0.15, 0.2) is 53.1 Å². The van der Waals surface area contributed by atoms with Gasteiger partial charge in [-0.2, -0.15) is 8.78 Å². The molecule has 9 heteroatoms. The lowest BCUT2D eigenvalue weighted by Crippen LogP contribution is -2.26. The van der Waals surface area contributed by atoms with Crippen LogP contribution in [0.1, 0.15) is 30.8 Å². The van der Waals surface area contributed by atoms with Crippen LogP contribution in [0.3, 0.4) is 0 Å². The molecule has 5 nitrogen and oxygen atoms in total. The van der Waals surface area contributed by atoms with Crippen LogP contribution in [0.25, 0.3) is 11.3 Å². The summed E-state index contributed by atoms with van der Waals surface area (Å²) in [4.78, 5) is 16.2. The Hall–Kier alpha value is -3.36. The normalized spacial score (nSPS) is 12.1. The Morgan fingerprint density at radius 3 is 2.57 bits per heavy atom. The summed E-state index contributed by atoms with van der Waals surface area (Å²) < 4.78 is 62.0. The van der Waals surface area contributed by atoms with Crippen LogP contribution in [0.2, 0.25) is 0 Å². The van der Waals surface area contributed by atoms with E-state index >= 15 is 0 Å². The third-order valence-electron chi connectivity index (χ3n) is 4.29. The molecule has 0 fully saturated rings. The number of ether oxygens (including phenoxy) is 1. The molecule has 1 heterocycles. The second-order valence-corrected chi connectivity index (χ2v) is 6.46. The summed E-state index contributed by atoms with van der Waals surface area (Å²) >= 11 is 0. The van der Waals surface area contributed by atoms with Crippen LogP contribution in [-0.2, 0) is 11.2 Å². The Bertz CT molecular complexity index is 1000. The maximum absolute atomic E-state index is 13.8. The van der Waals surface area contributed by atoms with Gasteiger partial charge < -0.3 is 14.5 Å². The summed E-state index contributed by atoms with van der Waals surface area (Å²) in [7, 11) is 0. The molecule has 1 amide bonds. The first-order valence-corrected chi connectivity index (χ1v) is 9.06. The number of carbonyl (C=O) groups excluding carboxylic acids is 1. The number of aromatic nitrogens is 1. The lowest BCUT2D eigenvalue weighted by Gasteiger charge is -2.15. The standard InChI is InChI=1S/C21H18F4N2O3/c1-12(13-4-2-5-14(10-13)29-21(24)25)27-18(28)8-9-19-26-11-17(30-19)20-15(22)6-3-7-16(20)23/h2-7,10-12,21H,8-9H2,1H3,(H,27,28). The molecule has 1 unspecified atom stereocenters. The van der Waals surface area contributed by atoms with Crippen LogP contribution in [0.5, 0.6) is 5.75 Å². The van der Waals surface area contributed by atoms with Crippen LogP contribution >= 0.6 is 0 Å². The van der Waals surface area contributed by atoms with Gasteiger partial charge in [0.25, 0.3) is 0 Å². The number of alkyl halides is 2. The predicted octanol–water partition coefficient (Wildman–Crippen LogP) is 5.03. The maximum Gasteiger partial charge on any atom is 0.387 e. The van der Waals surface area contributed by atoms with Gasteiger partial charge in [0.15, 0.2) is 11.7 Å². The van der Waals surface area contributed by atoms with Gasteiger partial charge in [-0.3, -0.25) is 4.79 Å².